The molecule has 1 atom stereocenters. The number of aryl methyl sites for hydroxylation is 2. The van der Waals surface area contributed by atoms with Gasteiger partial charge in [-0.15, -0.1) is 0 Å². The summed E-state index contributed by atoms with van der Waals surface area (Å²) in [5, 5.41) is 0. The molecule has 0 N–H and O–H groups in total. The average molecular weight is 564 g/mol. The van der Waals surface area contributed by atoms with Crippen LogP contribution < -0.4 is 0 Å². The Morgan fingerprint density at radius 2 is 1.45 bits per heavy atom. The van der Waals surface area contributed by atoms with Crippen LogP contribution in [0.5, 0.6) is 0 Å². The van der Waals surface area contributed by atoms with E-state index in [-0.39, 0.29) is 18.0 Å². The third-order valence-electron chi connectivity index (χ3n) is 8.83. The smallest absolute Gasteiger partial charge is 0.290 e. The number of imide groups is 1. The topological polar surface area (TPSA) is 62.5 Å². The first kappa shape index (κ1) is 28.0. The summed E-state index contributed by atoms with van der Waals surface area (Å²) in [6, 6.07) is 27.1. The van der Waals surface area contributed by atoms with E-state index < -0.39 is 6.04 Å². The molecule has 0 spiro atoms. The molecule has 6 rings (SSSR count). The number of amides is 3. The fourth-order valence-electron chi connectivity index (χ4n) is 6.38. The molecule has 216 valence electrons. The number of fused-ring (bicyclic) bond motifs is 1. The Labute approximate surface area is 248 Å². The molecular weight excluding hydrogens is 524 g/mol. The van der Waals surface area contributed by atoms with Gasteiger partial charge in [0.1, 0.15) is 13.1 Å². The van der Waals surface area contributed by atoms with Crippen molar-refractivity contribution < 1.29 is 14.2 Å². The first-order valence-corrected chi connectivity index (χ1v) is 14.7. The number of aliphatic imine (C=N–C) groups is 1. The molecule has 0 aromatic heterocycles. The van der Waals surface area contributed by atoms with Crippen molar-refractivity contribution in [3.8, 4) is 0 Å². The second-order valence-electron chi connectivity index (χ2n) is 11.6. The summed E-state index contributed by atoms with van der Waals surface area (Å²) in [6.45, 7) is 8.97. The van der Waals surface area contributed by atoms with Gasteiger partial charge in [-0.2, -0.15) is 0 Å². The third kappa shape index (κ3) is 5.28. The number of likely N-dealkylation sites (N-methyl/N-ethyl adjacent to an activating group) is 2. The molecule has 1 unspecified atom stereocenters. The summed E-state index contributed by atoms with van der Waals surface area (Å²) in [6.07, 6.45) is 0. The van der Waals surface area contributed by atoms with E-state index in [1.54, 1.807) is 14.1 Å². The minimum Gasteiger partial charge on any atom is -0.290 e. The van der Waals surface area contributed by atoms with Crippen molar-refractivity contribution in [2.24, 2.45) is 4.99 Å². The van der Waals surface area contributed by atoms with Crippen molar-refractivity contribution in [1.29, 1.82) is 0 Å². The Morgan fingerprint density at radius 1 is 0.833 bits per heavy atom. The maximum absolute atomic E-state index is 13.5. The molecule has 2 saturated heterocycles. The van der Waals surface area contributed by atoms with Gasteiger partial charge in [-0.1, -0.05) is 84.4 Å². The highest BCUT2D eigenvalue weighted by Crippen LogP contribution is 2.30. The van der Waals surface area contributed by atoms with Gasteiger partial charge in [0.05, 0.1) is 6.04 Å². The van der Waals surface area contributed by atoms with Crippen LogP contribution in [0.25, 0.3) is 0 Å². The molecule has 42 heavy (non-hydrogen) atoms. The van der Waals surface area contributed by atoms with E-state index in [9.17, 15) is 9.59 Å². The summed E-state index contributed by atoms with van der Waals surface area (Å²) in [4.78, 5) is 38.9. The van der Waals surface area contributed by atoms with Crippen LogP contribution in [0.3, 0.4) is 0 Å². The van der Waals surface area contributed by atoms with Crippen LogP contribution in [0.1, 0.15) is 33.9 Å². The number of carbonyl (C=O) groups is 2. The van der Waals surface area contributed by atoms with Gasteiger partial charge in [-0.25, -0.2) is 9.37 Å². The number of amidine groups is 2. The Balaban J connectivity index is 1.26. The molecule has 0 aliphatic carbocycles. The second kappa shape index (κ2) is 11.6. The minimum atomic E-state index is -0.602. The normalized spacial score (nSPS) is 20.0. The lowest BCUT2D eigenvalue weighted by Crippen LogP contribution is -2.61. The number of piperazine rings is 1. The Kier molecular flexibility index (Phi) is 7.75. The predicted octanol–water partition coefficient (Wildman–Crippen LogP) is 3.93. The number of hydrogen-bond acceptors (Lipinski definition) is 5. The lowest BCUT2D eigenvalue weighted by atomic mass is 9.96. The zero-order chi connectivity index (χ0) is 29.4. The predicted molar refractivity (Wildman–Crippen MR) is 165 cm³/mol. The molecule has 8 nitrogen and oxygen atoms in total. The van der Waals surface area contributed by atoms with Crippen molar-refractivity contribution in [3.63, 3.8) is 0 Å². The summed E-state index contributed by atoms with van der Waals surface area (Å²) in [5.41, 5.74) is 6.12. The number of carbonyl (C=O) groups excluding carboxylic acids is 2. The van der Waals surface area contributed by atoms with E-state index in [1.165, 1.54) is 32.1 Å². The Morgan fingerprint density at radius 3 is 2.07 bits per heavy atom. The number of hydrogen-bond donors (Lipinski definition) is 0. The molecule has 3 aliphatic heterocycles. The summed E-state index contributed by atoms with van der Waals surface area (Å²) in [7, 11) is 3.27. The van der Waals surface area contributed by atoms with Crippen LogP contribution >= 0.6 is 0 Å². The lowest BCUT2D eigenvalue weighted by Gasteiger charge is -2.39. The largest absolute Gasteiger partial charge is 0.333 e. The SMILES string of the molecule is Cc1ccc(C)c(C[N+]2=C(CN3CCN(C(c4ccccc4)c4ccccc4)CC3)N=C3C2C(=O)N(C)C(=O)N3C)c1. The minimum absolute atomic E-state index is 0.199. The van der Waals surface area contributed by atoms with Crippen LogP contribution in [-0.4, -0.2) is 101 Å². The molecule has 0 radical (unpaired) electrons. The maximum Gasteiger partial charge on any atom is 0.333 e. The van der Waals surface area contributed by atoms with Crippen LogP contribution in [-0.2, 0) is 11.3 Å². The van der Waals surface area contributed by atoms with E-state index >= 15 is 0 Å². The van der Waals surface area contributed by atoms with E-state index in [4.69, 9.17) is 4.99 Å². The Hall–Kier alpha value is -4.14. The van der Waals surface area contributed by atoms with Gasteiger partial charge in [0.2, 0.25) is 0 Å². The van der Waals surface area contributed by atoms with Crippen LogP contribution in [0, 0.1) is 13.8 Å². The Bertz CT molecular complexity index is 1500. The van der Waals surface area contributed by atoms with E-state index in [2.05, 4.69) is 107 Å². The first-order chi connectivity index (χ1) is 20.3. The highest BCUT2D eigenvalue weighted by atomic mass is 16.2. The molecule has 3 aliphatic rings. The lowest BCUT2D eigenvalue weighted by molar-refractivity contribution is -0.552. The van der Waals surface area contributed by atoms with Crippen molar-refractivity contribution in [1.82, 2.24) is 19.6 Å². The number of nitrogens with zero attached hydrogens (tertiary/aromatic N) is 6. The molecular formula is C34H39N6O2+. The van der Waals surface area contributed by atoms with E-state index in [0.29, 0.717) is 18.9 Å². The molecule has 0 saturated carbocycles. The van der Waals surface area contributed by atoms with E-state index in [0.717, 1.165) is 37.6 Å². The fraction of sp³-hybridized carbons (Fsp3) is 0.353. The molecule has 8 heteroatoms. The average Bonchev–Trinajstić information content (AvgIpc) is 3.36. The number of rotatable bonds is 7. The molecule has 3 aromatic carbocycles. The monoisotopic (exact) mass is 563 g/mol. The zero-order valence-corrected chi connectivity index (χ0v) is 24.9. The molecule has 2 fully saturated rings. The second-order valence-corrected chi connectivity index (χ2v) is 11.6. The zero-order valence-electron chi connectivity index (χ0n) is 24.9. The molecule has 0 bridgehead atoms. The van der Waals surface area contributed by atoms with Gasteiger partial charge in [0, 0.05) is 40.3 Å². The molecule has 3 heterocycles. The van der Waals surface area contributed by atoms with Gasteiger partial charge < -0.3 is 0 Å². The van der Waals surface area contributed by atoms with Crippen molar-refractivity contribution in [2.45, 2.75) is 32.5 Å². The summed E-state index contributed by atoms with van der Waals surface area (Å²) >= 11 is 0. The highest BCUT2D eigenvalue weighted by Gasteiger charge is 2.53. The van der Waals surface area contributed by atoms with Gasteiger partial charge in [-0.3, -0.25) is 24.4 Å². The molecule has 3 amide bonds. The highest BCUT2D eigenvalue weighted by molar-refractivity contribution is 6.23. The number of urea groups is 1. The van der Waals surface area contributed by atoms with Gasteiger partial charge in [0.25, 0.3) is 17.8 Å². The quantitative estimate of drug-likeness (QED) is 0.409. The van der Waals surface area contributed by atoms with Gasteiger partial charge >= 0.3 is 11.9 Å². The van der Waals surface area contributed by atoms with Crippen molar-refractivity contribution >= 4 is 23.6 Å². The summed E-state index contributed by atoms with van der Waals surface area (Å²) in [5.74, 6) is 1.14. The summed E-state index contributed by atoms with van der Waals surface area (Å²) < 4.78 is 2.11. The van der Waals surface area contributed by atoms with Crippen molar-refractivity contribution in [3.05, 3.63) is 107 Å². The molecule has 3 aromatic rings. The van der Waals surface area contributed by atoms with Crippen molar-refractivity contribution in [2.75, 3.05) is 46.8 Å². The van der Waals surface area contributed by atoms with Gasteiger partial charge in [0.15, 0.2) is 0 Å². The maximum atomic E-state index is 13.5. The van der Waals surface area contributed by atoms with Crippen LogP contribution in [0.4, 0.5) is 4.79 Å². The van der Waals surface area contributed by atoms with Crippen LogP contribution in [0.2, 0.25) is 0 Å². The number of benzene rings is 3. The van der Waals surface area contributed by atoms with Crippen LogP contribution in [0.15, 0.2) is 83.9 Å². The third-order valence-corrected chi connectivity index (χ3v) is 8.83. The van der Waals surface area contributed by atoms with E-state index in [1.807, 2.05) is 0 Å². The first-order valence-electron chi connectivity index (χ1n) is 14.7. The van der Waals surface area contributed by atoms with Gasteiger partial charge in [-0.05, 0) is 41.1 Å². The fourth-order valence-corrected chi connectivity index (χ4v) is 6.38. The standard InChI is InChI=1S/C34H39N6O2/c1-24-15-16-25(2)28(21-24)22-40-29(35-32-31(40)33(41)37(4)34(42)36(32)3)23-38-17-19-39(20-18-38)30(26-11-7-5-8-12-26)27-13-9-6-10-14-27/h5-16,21,30-31H,17-20,22-23H2,1-4H3/q+1.